The Morgan fingerprint density at radius 3 is 2.68 bits per heavy atom. The van der Waals surface area contributed by atoms with Crippen LogP contribution in [-0.4, -0.2) is 53.1 Å². The first-order chi connectivity index (χ1) is 12.2. The van der Waals surface area contributed by atoms with Crippen LogP contribution in [0.2, 0.25) is 0 Å². The number of hydrogen-bond donors (Lipinski definition) is 0. The Morgan fingerprint density at radius 2 is 2.00 bits per heavy atom. The van der Waals surface area contributed by atoms with Crippen molar-refractivity contribution in [2.75, 3.05) is 19.6 Å². The molecule has 0 radical (unpaired) electrons. The van der Waals surface area contributed by atoms with Gasteiger partial charge >= 0.3 is 6.09 Å². The van der Waals surface area contributed by atoms with E-state index < -0.39 is 0 Å². The molecular formula is C19H26N2O3S. The molecule has 136 valence electrons. The highest BCUT2D eigenvalue weighted by Gasteiger charge is 2.48. The number of thiophene rings is 1. The van der Waals surface area contributed by atoms with Crippen LogP contribution in [0.15, 0.2) is 17.5 Å². The Kier molecular flexibility index (Phi) is 4.71. The van der Waals surface area contributed by atoms with Crippen LogP contribution in [0.3, 0.4) is 0 Å². The number of hydrogen-bond acceptors (Lipinski definition) is 4. The number of carbonyl (C=O) groups excluding carboxylic acids is 2. The predicted molar refractivity (Wildman–Crippen MR) is 96.6 cm³/mol. The molecule has 5 nitrogen and oxygen atoms in total. The third-order valence-corrected chi connectivity index (χ3v) is 6.80. The Morgan fingerprint density at radius 1 is 1.24 bits per heavy atom. The minimum Gasteiger partial charge on any atom is -0.441 e. The quantitative estimate of drug-likeness (QED) is 0.828. The van der Waals surface area contributed by atoms with Gasteiger partial charge in [-0.25, -0.2) is 4.79 Å². The van der Waals surface area contributed by atoms with Gasteiger partial charge in [0, 0.05) is 24.0 Å². The Hall–Kier alpha value is -1.56. The Bertz CT molecular complexity index is 617. The van der Waals surface area contributed by atoms with E-state index in [9.17, 15) is 9.59 Å². The molecule has 1 saturated carbocycles. The molecule has 2 saturated heterocycles. The summed E-state index contributed by atoms with van der Waals surface area (Å²) in [7, 11) is 0. The average Bonchev–Trinajstić information content (AvgIpc) is 3.24. The lowest BCUT2D eigenvalue weighted by atomic mass is 9.84. The number of amides is 2. The standard InChI is InChI=1S/C19H26N2O3S/c22-17(13-16-5-4-12-25-16)20-10-6-15(7-11-20)21-14-19(24-18(21)23)8-2-1-3-9-19/h4-5,12,15H,1-3,6-11,13-14H2. The highest BCUT2D eigenvalue weighted by atomic mass is 32.1. The molecule has 1 spiro atoms. The van der Waals surface area contributed by atoms with Crippen molar-refractivity contribution >= 4 is 23.3 Å². The predicted octanol–water partition coefficient (Wildman–Crippen LogP) is 3.44. The zero-order chi connectivity index (χ0) is 17.3. The van der Waals surface area contributed by atoms with Crippen molar-refractivity contribution in [3.8, 4) is 0 Å². The Labute approximate surface area is 152 Å². The van der Waals surface area contributed by atoms with E-state index >= 15 is 0 Å². The number of ether oxygens (including phenoxy) is 1. The Balaban J connectivity index is 1.31. The van der Waals surface area contributed by atoms with Crippen molar-refractivity contribution in [3.05, 3.63) is 22.4 Å². The first-order valence-electron chi connectivity index (χ1n) is 9.45. The first kappa shape index (κ1) is 16.9. The van der Waals surface area contributed by atoms with Crippen molar-refractivity contribution < 1.29 is 14.3 Å². The van der Waals surface area contributed by atoms with Gasteiger partial charge in [0.05, 0.1) is 13.0 Å². The van der Waals surface area contributed by atoms with E-state index in [-0.39, 0.29) is 23.6 Å². The fraction of sp³-hybridized carbons (Fsp3) is 0.684. The fourth-order valence-corrected chi connectivity index (χ4v) is 5.18. The SMILES string of the molecule is O=C(Cc1cccs1)N1CCC(N2CC3(CCCCC3)OC2=O)CC1. The van der Waals surface area contributed by atoms with Crippen LogP contribution in [0.5, 0.6) is 0 Å². The van der Waals surface area contributed by atoms with Gasteiger partial charge in [-0.15, -0.1) is 11.3 Å². The van der Waals surface area contributed by atoms with Crippen molar-refractivity contribution in [2.45, 2.75) is 63.0 Å². The maximum Gasteiger partial charge on any atom is 0.410 e. The molecule has 6 heteroatoms. The van der Waals surface area contributed by atoms with E-state index in [2.05, 4.69) is 0 Å². The molecule has 0 atom stereocenters. The summed E-state index contributed by atoms with van der Waals surface area (Å²) in [5, 5.41) is 2.01. The van der Waals surface area contributed by atoms with Crippen LogP contribution in [0.1, 0.15) is 49.8 Å². The van der Waals surface area contributed by atoms with Gasteiger partial charge in [0.1, 0.15) is 5.60 Å². The molecule has 0 unspecified atom stereocenters. The van der Waals surface area contributed by atoms with Crippen molar-refractivity contribution in [2.24, 2.45) is 0 Å². The van der Waals surface area contributed by atoms with E-state index in [1.165, 1.54) is 6.42 Å². The van der Waals surface area contributed by atoms with Crippen molar-refractivity contribution in [3.63, 3.8) is 0 Å². The monoisotopic (exact) mass is 362 g/mol. The van der Waals surface area contributed by atoms with Crippen LogP contribution in [0.25, 0.3) is 0 Å². The van der Waals surface area contributed by atoms with E-state index in [1.807, 2.05) is 27.3 Å². The third-order valence-electron chi connectivity index (χ3n) is 5.93. The summed E-state index contributed by atoms with van der Waals surface area (Å²) in [5.41, 5.74) is -0.221. The third kappa shape index (κ3) is 3.54. The van der Waals surface area contributed by atoms with Gasteiger partial charge in [-0.3, -0.25) is 4.79 Å². The van der Waals surface area contributed by atoms with Gasteiger partial charge in [-0.1, -0.05) is 12.5 Å². The molecule has 3 heterocycles. The van der Waals surface area contributed by atoms with Gasteiger partial charge in [-0.05, 0) is 50.0 Å². The zero-order valence-corrected chi connectivity index (χ0v) is 15.4. The van der Waals surface area contributed by atoms with E-state index in [0.717, 1.165) is 63.0 Å². The topological polar surface area (TPSA) is 49.9 Å². The molecule has 0 N–H and O–H groups in total. The molecule has 1 aromatic heterocycles. The van der Waals surface area contributed by atoms with Crippen LogP contribution in [-0.2, 0) is 16.0 Å². The second-order valence-electron chi connectivity index (χ2n) is 7.61. The molecule has 0 aromatic carbocycles. The van der Waals surface area contributed by atoms with Gasteiger partial charge < -0.3 is 14.5 Å². The second kappa shape index (κ2) is 6.98. The van der Waals surface area contributed by atoms with Crippen LogP contribution in [0, 0.1) is 0 Å². The molecule has 3 aliphatic rings. The number of piperidine rings is 1. The maximum atomic E-state index is 12.4. The summed E-state index contributed by atoms with van der Waals surface area (Å²) in [6, 6.07) is 4.22. The highest BCUT2D eigenvalue weighted by Crippen LogP contribution is 2.38. The van der Waals surface area contributed by atoms with Crippen LogP contribution >= 0.6 is 11.3 Å². The molecule has 1 aliphatic carbocycles. The lowest BCUT2D eigenvalue weighted by Crippen LogP contribution is -2.48. The average molecular weight is 362 g/mol. The van der Waals surface area contributed by atoms with Gasteiger partial charge in [0.15, 0.2) is 0 Å². The highest BCUT2D eigenvalue weighted by molar-refractivity contribution is 7.10. The lowest BCUT2D eigenvalue weighted by Gasteiger charge is -2.36. The van der Waals surface area contributed by atoms with Crippen molar-refractivity contribution in [1.82, 2.24) is 9.80 Å². The van der Waals surface area contributed by atoms with E-state index in [0.29, 0.717) is 6.42 Å². The summed E-state index contributed by atoms with van der Waals surface area (Å²) >= 11 is 1.63. The second-order valence-corrected chi connectivity index (χ2v) is 8.64. The number of nitrogens with zero attached hydrogens (tertiary/aromatic N) is 2. The van der Waals surface area contributed by atoms with Gasteiger partial charge in [-0.2, -0.15) is 0 Å². The summed E-state index contributed by atoms with van der Waals surface area (Å²) in [5.74, 6) is 0.202. The molecule has 4 rings (SSSR count). The largest absolute Gasteiger partial charge is 0.441 e. The first-order valence-corrected chi connectivity index (χ1v) is 10.3. The molecular weight excluding hydrogens is 336 g/mol. The number of likely N-dealkylation sites (tertiary alicyclic amines) is 1. The van der Waals surface area contributed by atoms with E-state index in [4.69, 9.17) is 4.74 Å². The van der Waals surface area contributed by atoms with E-state index in [1.54, 1.807) is 11.3 Å². The fourth-order valence-electron chi connectivity index (χ4n) is 4.49. The minimum atomic E-state index is -0.221. The minimum absolute atomic E-state index is 0.134. The molecule has 0 bridgehead atoms. The smallest absolute Gasteiger partial charge is 0.410 e. The lowest BCUT2D eigenvalue weighted by molar-refractivity contribution is -0.131. The van der Waals surface area contributed by atoms with Crippen LogP contribution in [0.4, 0.5) is 4.79 Å². The number of rotatable bonds is 3. The summed E-state index contributed by atoms with van der Waals surface area (Å²) in [6.45, 7) is 2.23. The zero-order valence-electron chi connectivity index (χ0n) is 14.6. The molecule has 1 aromatic rings. The number of carbonyl (C=O) groups is 2. The summed E-state index contributed by atoms with van der Waals surface area (Å²) in [4.78, 5) is 29.8. The van der Waals surface area contributed by atoms with Crippen LogP contribution < -0.4 is 0 Å². The molecule has 3 fully saturated rings. The normalized spacial score (nSPS) is 23.9. The molecule has 2 aliphatic heterocycles. The molecule has 25 heavy (non-hydrogen) atoms. The molecule has 2 amide bonds. The van der Waals surface area contributed by atoms with Gasteiger partial charge in [0.25, 0.3) is 0 Å². The summed E-state index contributed by atoms with van der Waals surface area (Å²) in [6.07, 6.45) is 7.68. The van der Waals surface area contributed by atoms with Gasteiger partial charge in [0.2, 0.25) is 5.91 Å². The van der Waals surface area contributed by atoms with Crippen molar-refractivity contribution in [1.29, 1.82) is 0 Å². The summed E-state index contributed by atoms with van der Waals surface area (Å²) < 4.78 is 5.81. The maximum absolute atomic E-state index is 12.4.